The van der Waals surface area contributed by atoms with Gasteiger partial charge in [0.05, 0.1) is 25.0 Å². The van der Waals surface area contributed by atoms with E-state index in [1.807, 2.05) is 38.1 Å². The average Bonchev–Trinajstić information content (AvgIpc) is 3.18. The third-order valence-electron chi connectivity index (χ3n) is 6.42. The van der Waals surface area contributed by atoms with Crippen LogP contribution in [-0.4, -0.2) is 70.1 Å². The molecule has 204 valence electrons. The first-order valence-corrected chi connectivity index (χ1v) is 12.9. The van der Waals surface area contributed by atoms with E-state index in [4.69, 9.17) is 9.47 Å². The minimum atomic E-state index is -0.529. The SMILES string of the molecule is COc1cc(-c2nn(-c3ccc(CCN4C[C@@H](C)O[C@@H](C)C4)cc3)c(=O)n2CC(=O)NC(C)C)ccc1F. The fourth-order valence-electron chi connectivity index (χ4n) is 4.79. The molecule has 0 aliphatic carbocycles. The summed E-state index contributed by atoms with van der Waals surface area (Å²) in [5, 5.41) is 7.34. The largest absolute Gasteiger partial charge is 0.494 e. The second kappa shape index (κ2) is 11.9. The van der Waals surface area contributed by atoms with Gasteiger partial charge in [-0.25, -0.2) is 9.18 Å². The number of morpholine rings is 1. The number of methoxy groups -OCH3 is 1. The molecule has 0 saturated carbocycles. The Bertz CT molecular complexity index is 1310. The number of rotatable bonds is 9. The van der Waals surface area contributed by atoms with Gasteiger partial charge in [-0.3, -0.25) is 14.3 Å². The molecule has 1 aromatic heterocycles. The molecule has 2 aromatic carbocycles. The number of amides is 1. The Morgan fingerprint density at radius 2 is 1.84 bits per heavy atom. The van der Waals surface area contributed by atoms with Gasteiger partial charge >= 0.3 is 5.69 Å². The number of carbonyl (C=O) groups excluding carboxylic acids is 1. The van der Waals surface area contributed by atoms with Crippen LogP contribution in [-0.2, 0) is 22.5 Å². The molecule has 4 rings (SSSR count). The standard InChI is InChI=1S/C28H36FN5O4/c1-18(2)30-26(35)17-33-27(22-8-11-24(29)25(14-22)37-5)31-34(28(33)36)23-9-6-21(7-10-23)12-13-32-15-19(3)38-20(4)16-32/h6-11,14,18-20H,12-13,15-17H2,1-5H3,(H,30,35)/t19-,20+. The van der Waals surface area contributed by atoms with Crippen molar-refractivity contribution in [2.75, 3.05) is 26.7 Å². The zero-order valence-electron chi connectivity index (χ0n) is 22.6. The van der Waals surface area contributed by atoms with Crippen molar-refractivity contribution < 1.29 is 18.7 Å². The number of hydrogen-bond acceptors (Lipinski definition) is 6. The van der Waals surface area contributed by atoms with Gasteiger partial charge < -0.3 is 14.8 Å². The number of ether oxygens (including phenoxy) is 2. The van der Waals surface area contributed by atoms with Gasteiger partial charge in [-0.05, 0) is 70.0 Å². The highest BCUT2D eigenvalue weighted by Crippen LogP contribution is 2.25. The highest BCUT2D eigenvalue weighted by molar-refractivity contribution is 5.76. The van der Waals surface area contributed by atoms with Gasteiger partial charge in [0, 0.05) is 31.2 Å². The maximum atomic E-state index is 14.1. The molecule has 1 aliphatic rings. The maximum Gasteiger partial charge on any atom is 0.351 e. The lowest BCUT2D eigenvalue weighted by atomic mass is 10.1. The first-order valence-electron chi connectivity index (χ1n) is 12.9. The van der Waals surface area contributed by atoms with Gasteiger partial charge in [-0.15, -0.1) is 5.10 Å². The van der Waals surface area contributed by atoms with Crippen LogP contribution in [0.4, 0.5) is 4.39 Å². The molecule has 0 spiro atoms. The summed E-state index contributed by atoms with van der Waals surface area (Å²) in [6, 6.07) is 11.8. The van der Waals surface area contributed by atoms with Crippen molar-refractivity contribution in [1.29, 1.82) is 0 Å². The van der Waals surface area contributed by atoms with Crippen molar-refractivity contribution in [2.24, 2.45) is 0 Å². The molecule has 0 radical (unpaired) electrons. The molecule has 0 bridgehead atoms. The molecule has 3 aromatic rings. The summed E-state index contributed by atoms with van der Waals surface area (Å²) in [6.07, 6.45) is 1.32. The lowest BCUT2D eigenvalue weighted by Gasteiger charge is -2.35. The quantitative estimate of drug-likeness (QED) is 0.462. The molecule has 9 nitrogen and oxygen atoms in total. The summed E-state index contributed by atoms with van der Waals surface area (Å²) in [6.45, 7) is 10.4. The summed E-state index contributed by atoms with van der Waals surface area (Å²) in [7, 11) is 1.37. The van der Waals surface area contributed by atoms with E-state index in [1.54, 1.807) is 0 Å². The third-order valence-corrected chi connectivity index (χ3v) is 6.42. The topological polar surface area (TPSA) is 90.6 Å². The first-order chi connectivity index (χ1) is 18.1. The molecule has 2 heterocycles. The van der Waals surface area contributed by atoms with Crippen LogP contribution in [0.2, 0.25) is 0 Å². The average molecular weight is 526 g/mol. The zero-order valence-corrected chi connectivity index (χ0v) is 22.6. The van der Waals surface area contributed by atoms with Gasteiger partial charge in [-0.2, -0.15) is 4.68 Å². The molecule has 10 heteroatoms. The fourth-order valence-corrected chi connectivity index (χ4v) is 4.79. The molecule has 1 N–H and O–H groups in total. The summed E-state index contributed by atoms with van der Waals surface area (Å²) < 4.78 is 27.5. The summed E-state index contributed by atoms with van der Waals surface area (Å²) in [4.78, 5) is 28.4. The number of aromatic nitrogens is 3. The molecule has 2 atom stereocenters. The van der Waals surface area contributed by atoms with Crippen LogP contribution >= 0.6 is 0 Å². The van der Waals surface area contributed by atoms with E-state index in [0.29, 0.717) is 11.3 Å². The lowest BCUT2D eigenvalue weighted by molar-refractivity contribution is -0.122. The molecule has 1 saturated heterocycles. The van der Waals surface area contributed by atoms with Crippen LogP contribution in [0.3, 0.4) is 0 Å². The number of benzene rings is 2. The second-order valence-corrected chi connectivity index (χ2v) is 10.1. The first kappa shape index (κ1) is 27.5. The second-order valence-electron chi connectivity index (χ2n) is 10.1. The van der Waals surface area contributed by atoms with E-state index in [-0.39, 0.29) is 42.3 Å². The van der Waals surface area contributed by atoms with Crippen LogP contribution < -0.4 is 15.7 Å². The third kappa shape index (κ3) is 6.49. The van der Waals surface area contributed by atoms with Crippen molar-refractivity contribution >= 4 is 5.91 Å². The minimum absolute atomic E-state index is 0.0242. The molecule has 1 aliphatic heterocycles. The number of nitrogens with zero attached hydrogens (tertiary/aromatic N) is 4. The predicted octanol–water partition coefficient (Wildman–Crippen LogP) is 3.03. The predicted molar refractivity (Wildman–Crippen MR) is 143 cm³/mol. The Kier molecular flexibility index (Phi) is 8.63. The van der Waals surface area contributed by atoms with Gasteiger partial charge in [0.1, 0.15) is 6.54 Å². The van der Waals surface area contributed by atoms with Crippen LogP contribution in [0.15, 0.2) is 47.3 Å². The Labute approximate surface area is 222 Å². The van der Waals surface area contributed by atoms with Crippen LogP contribution in [0.5, 0.6) is 5.75 Å². The van der Waals surface area contributed by atoms with E-state index < -0.39 is 11.5 Å². The highest BCUT2D eigenvalue weighted by atomic mass is 19.1. The number of halogens is 1. The summed E-state index contributed by atoms with van der Waals surface area (Å²) in [5.41, 5.74) is 1.71. The van der Waals surface area contributed by atoms with E-state index in [1.165, 1.54) is 34.6 Å². The fraction of sp³-hybridized carbons (Fsp3) is 0.464. The van der Waals surface area contributed by atoms with Crippen molar-refractivity contribution in [2.45, 2.75) is 58.9 Å². The van der Waals surface area contributed by atoms with Gasteiger partial charge in [0.15, 0.2) is 17.4 Å². The van der Waals surface area contributed by atoms with Crippen molar-refractivity contribution in [3.63, 3.8) is 0 Å². The highest BCUT2D eigenvalue weighted by Gasteiger charge is 2.22. The summed E-state index contributed by atoms with van der Waals surface area (Å²) >= 11 is 0. The molecule has 1 amide bonds. The Morgan fingerprint density at radius 1 is 1.16 bits per heavy atom. The number of nitrogens with one attached hydrogen (secondary N) is 1. The monoisotopic (exact) mass is 525 g/mol. The van der Waals surface area contributed by atoms with Crippen LogP contribution in [0.25, 0.3) is 17.1 Å². The van der Waals surface area contributed by atoms with Crippen molar-refractivity contribution in [1.82, 2.24) is 24.6 Å². The molecular weight excluding hydrogens is 489 g/mol. The Hall–Kier alpha value is -3.50. The lowest BCUT2D eigenvalue weighted by Crippen LogP contribution is -2.46. The van der Waals surface area contributed by atoms with Crippen molar-refractivity contribution in [3.05, 3.63) is 64.3 Å². The number of hydrogen-bond donors (Lipinski definition) is 1. The normalized spacial score (nSPS) is 18.1. The number of carbonyl (C=O) groups is 1. The van der Waals surface area contributed by atoms with E-state index in [0.717, 1.165) is 31.6 Å². The van der Waals surface area contributed by atoms with E-state index in [9.17, 15) is 14.0 Å². The zero-order chi connectivity index (χ0) is 27.4. The maximum absolute atomic E-state index is 14.1. The van der Waals surface area contributed by atoms with E-state index >= 15 is 0 Å². The van der Waals surface area contributed by atoms with Gasteiger partial charge in [-0.1, -0.05) is 12.1 Å². The molecule has 38 heavy (non-hydrogen) atoms. The van der Waals surface area contributed by atoms with Gasteiger partial charge in [0.25, 0.3) is 0 Å². The molecular formula is C28H36FN5O4. The Balaban J connectivity index is 1.60. The van der Waals surface area contributed by atoms with E-state index in [2.05, 4.69) is 29.2 Å². The Morgan fingerprint density at radius 3 is 2.47 bits per heavy atom. The molecule has 0 unspecified atom stereocenters. The molecule has 1 fully saturated rings. The summed E-state index contributed by atoms with van der Waals surface area (Å²) in [5.74, 6) is -0.583. The van der Waals surface area contributed by atoms with Crippen LogP contribution in [0, 0.1) is 5.82 Å². The smallest absolute Gasteiger partial charge is 0.351 e. The minimum Gasteiger partial charge on any atom is -0.494 e. The van der Waals surface area contributed by atoms with Crippen molar-refractivity contribution in [3.8, 4) is 22.8 Å². The van der Waals surface area contributed by atoms with Gasteiger partial charge in [0.2, 0.25) is 5.91 Å². The van der Waals surface area contributed by atoms with Crippen LogP contribution in [0.1, 0.15) is 33.3 Å².